The summed E-state index contributed by atoms with van der Waals surface area (Å²) in [5.74, 6) is -1.28. The van der Waals surface area contributed by atoms with Crippen LogP contribution in [0.2, 0.25) is 5.02 Å². The van der Waals surface area contributed by atoms with Crippen molar-refractivity contribution < 1.29 is 18.0 Å². The number of hydrogen-bond donors (Lipinski definition) is 2. The lowest BCUT2D eigenvalue weighted by Crippen LogP contribution is -2.48. The molecular weight excluding hydrogens is 414 g/mol. The van der Waals surface area contributed by atoms with Crippen molar-refractivity contribution in [3.63, 3.8) is 0 Å². The Balaban J connectivity index is 1.49. The van der Waals surface area contributed by atoms with Crippen LogP contribution in [0.3, 0.4) is 0 Å². The zero-order valence-electron chi connectivity index (χ0n) is 15.7. The Labute approximate surface area is 175 Å². The Morgan fingerprint density at radius 2 is 1.59 bits per heavy atom. The highest BCUT2D eigenvalue weighted by Gasteiger charge is 2.31. The van der Waals surface area contributed by atoms with Gasteiger partial charge < -0.3 is 0 Å². The van der Waals surface area contributed by atoms with Gasteiger partial charge in [-0.05, 0) is 30.5 Å². The largest absolute Gasteiger partial charge is 0.273 e. The van der Waals surface area contributed by atoms with Gasteiger partial charge in [-0.1, -0.05) is 54.1 Å². The predicted octanol–water partition coefficient (Wildman–Crippen LogP) is 2.34. The number of carbonyl (C=O) groups is 2. The molecule has 1 saturated heterocycles. The summed E-state index contributed by atoms with van der Waals surface area (Å²) in [6, 6.07) is 15.5. The second-order valence-corrected chi connectivity index (χ2v) is 9.21. The molecule has 0 spiro atoms. The van der Waals surface area contributed by atoms with Gasteiger partial charge in [-0.15, -0.1) is 0 Å². The molecule has 154 valence electrons. The first-order valence-corrected chi connectivity index (χ1v) is 11.2. The number of benzene rings is 2. The minimum absolute atomic E-state index is 0.0569. The van der Waals surface area contributed by atoms with E-state index in [2.05, 4.69) is 10.9 Å². The van der Waals surface area contributed by atoms with Crippen molar-refractivity contribution in [2.45, 2.75) is 18.6 Å². The molecule has 7 nitrogen and oxygen atoms in total. The topological polar surface area (TPSA) is 95.6 Å². The van der Waals surface area contributed by atoms with Crippen LogP contribution in [0.5, 0.6) is 0 Å². The summed E-state index contributed by atoms with van der Waals surface area (Å²) in [5, 5.41) is 0.288. The number of rotatable bonds is 5. The molecule has 1 aliphatic heterocycles. The molecule has 0 unspecified atom stereocenters. The lowest BCUT2D eigenvalue weighted by atomic mass is 9.98. The van der Waals surface area contributed by atoms with E-state index in [0.717, 1.165) is 5.56 Å². The van der Waals surface area contributed by atoms with Gasteiger partial charge in [-0.2, -0.15) is 0 Å². The van der Waals surface area contributed by atoms with Crippen LogP contribution in [0.15, 0.2) is 54.6 Å². The van der Waals surface area contributed by atoms with Gasteiger partial charge in [-0.3, -0.25) is 20.4 Å². The number of sulfonamides is 1. The average Bonchev–Trinajstić information content (AvgIpc) is 2.72. The number of carbonyl (C=O) groups excluding carboxylic acids is 2. The first-order chi connectivity index (χ1) is 13.9. The van der Waals surface area contributed by atoms with E-state index in [9.17, 15) is 18.0 Å². The molecule has 1 fully saturated rings. The van der Waals surface area contributed by atoms with E-state index in [1.807, 2.05) is 6.07 Å². The minimum atomic E-state index is -3.43. The number of hydrogen-bond acceptors (Lipinski definition) is 4. The lowest BCUT2D eigenvalue weighted by Gasteiger charge is -2.30. The van der Waals surface area contributed by atoms with Crippen molar-refractivity contribution in [2.75, 3.05) is 13.1 Å². The van der Waals surface area contributed by atoms with Crippen LogP contribution in [0.1, 0.15) is 28.8 Å². The summed E-state index contributed by atoms with van der Waals surface area (Å²) in [5.41, 5.74) is 5.75. The average molecular weight is 436 g/mol. The highest BCUT2D eigenvalue weighted by atomic mass is 35.5. The van der Waals surface area contributed by atoms with E-state index in [1.54, 1.807) is 48.5 Å². The van der Waals surface area contributed by atoms with Gasteiger partial charge in [-0.25, -0.2) is 12.7 Å². The maximum Gasteiger partial charge on any atom is 0.271 e. The van der Waals surface area contributed by atoms with E-state index in [1.165, 1.54) is 4.31 Å². The van der Waals surface area contributed by atoms with Gasteiger partial charge in [0.05, 0.1) is 16.3 Å². The van der Waals surface area contributed by atoms with Crippen molar-refractivity contribution in [2.24, 2.45) is 5.92 Å². The fourth-order valence-corrected chi connectivity index (χ4v) is 4.99. The number of nitrogens with zero attached hydrogens (tertiary/aromatic N) is 1. The number of amides is 2. The fraction of sp³-hybridized carbons (Fsp3) is 0.300. The third-order valence-corrected chi connectivity index (χ3v) is 7.01. The number of piperidine rings is 1. The number of nitrogens with one attached hydrogen (secondary N) is 2. The second kappa shape index (κ2) is 9.39. The van der Waals surface area contributed by atoms with Crippen molar-refractivity contribution >= 4 is 33.4 Å². The zero-order valence-corrected chi connectivity index (χ0v) is 17.2. The van der Waals surface area contributed by atoms with E-state index in [-0.39, 0.29) is 41.3 Å². The molecule has 2 N–H and O–H groups in total. The van der Waals surface area contributed by atoms with Crippen molar-refractivity contribution in [1.82, 2.24) is 15.2 Å². The smallest absolute Gasteiger partial charge is 0.271 e. The SMILES string of the molecule is O=C(NNC(=O)C1CCN(S(=O)(=O)Cc2ccccc2)CC1)c1ccccc1Cl. The second-order valence-electron chi connectivity index (χ2n) is 6.84. The Morgan fingerprint density at radius 1 is 0.966 bits per heavy atom. The first kappa shape index (κ1) is 21.3. The molecule has 9 heteroatoms. The third-order valence-electron chi connectivity index (χ3n) is 4.83. The van der Waals surface area contributed by atoms with Crippen LogP contribution in [0.4, 0.5) is 0 Å². The molecule has 1 aliphatic rings. The monoisotopic (exact) mass is 435 g/mol. The Bertz CT molecular complexity index is 974. The van der Waals surface area contributed by atoms with Crippen molar-refractivity contribution in [3.8, 4) is 0 Å². The zero-order chi connectivity index (χ0) is 20.9. The van der Waals surface area contributed by atoms with Crippen molar-refractivity contribution in [1.29, 1.82) is 0 Å². The molecule has 2 amide bonds. The van der Waals surface area contributed by atoms with Crippen LogP contribution in [-0.4, -0.2) is 37.6 Å². The summed E-state index contributed by atoms with van der Waals surface area (Å²) in [7, 11) is -3.43. The van der Waals surface area contributed by atoms with Gasteiger partial charge in [0.1, 0.15) is 0 Å². The van der Waals surface area contributed by atoms with E-state index in [0.29, 0.717) is 12.8 Å². The highest BCUT2D eigenvalue weighted by Crippen LogP contribution is 2.22. The Kier molecular flexibility index (Phi) is 6.89. The van der Waals surface area contributed by atoms with Gasteiger partial charge in [0.2, 0.25) is 15.9 Å². The summed E-state index contributed by atoms with van der Waals surface area (Å²) < 4.78 is 26.6. The summed E-state index contributed by atoms with van der Waals surface area (Å²) in [6.45, 7) is 0.539. The maximum absolute atomic E-state index is 12.6. The number of halogens is 1. The summed E-state index contributed by atoms with van der Waals surface area (Å²) in [4.78, 5) is 24.5. The molecule has 0 aliphatic carbocycles. The summed E-state index contributed by atoms with van der Waals surface area (Å²) >= 11 is 5.96. The van der Waals surface area contributed by atoms with Crippen LogP contribution >= 0.6 is 11.6 Å². The van der Waals surface area contributed by atoms with Crippen LogP contribution in [-0.2, 0) is 20.6 Å². The quantitative estimate of drug-likeness (QED) is 0.704. The highest BCUT2D eigenvalue weighted by molar-refractivity contribution is 7.88. The molecule has 1 heterocycles. The molecular formula is C20H22ClN3O4S. The Hall–Kier alpha value is -2.42. The van der Waals surface area contributed by atoms with Gasteiger partial charge >= 0.3 is 0 Å². The molecule has 3 rings (SSSR count). The van der Waals surface area contributed by atoms with Crippen LogP contribution in [0, 0.1) is 5.92 Å². The van der Waals surface area contributed by atoms with Gasteiger partial charge in [0.25, 0.3) is 5.91 Å². The molecule has 29 heavy (non-hydrogen) atoms. The van der Waals surface area contributed by atoms with Crippen molar-refractivity contribution in [3.05, 3.63) is 70.7 Å². The molecule has 0 radical (unpaired) electrons. The minimum Gasteiger partial charge on any atom is -0.273 e. The van der Waals surface area contributed by atoms with E-state index in [4.69, 9.17) is 11.6 Å². The standard InChI is InChI=1S/C20H22ClN3O4S/c21-18-9-5-4-8-17(18)20(26)23-22-19(25)16-10-12-24(13-11-16)29(27,28)14-15-6-2-1-3-7-15/h1-9,16H,10-14H2,(H,22,25)(H,23,26). The van der Waals surface area contributed by atoms with E-state index >= 15 is 0 Å². The molecule has 0 aromatic heterocycles. The van der Waals surface area contributed by atoms with Gasteiger partial charge in [0, 0.05) is 19.0 Å². The lowest BCUT2D eigenvalue weighted by molar-refractivity contribution is -0.126. The molecule has 0 bridgehead atoms. The van der Waals surface area contributed by atoms with Crippen LogP contribution in [0.25, 0.3) is 0 Å². The normalized spacial score (nSPS) is 15.6. The third kappa shape index (κ3) is 5.56. The van der Waals surface area contributed by atoms with Gasteiger partial charge in [0.15, 0.2) is 0 Å². The van der Waals surface area contributed by atoms with E-state index < -0.39 is 15.9 Å². The predicted molar refractivity (Wildman–Crippen MR) is 110 cm³/mol. The molecule has 2 aromatic rings. The Morgan fingerprint density at radius 3 is 2.24 bits per heavy atom. The fourth-order valence-electron chi connectivity index (χ4n) is 3.21. The molecule has 0 saturated carbocycles. The molecule has 0 atom stereocenters. The first-order valence-electron chi connectivity index (χ1n) is 9.23. The number of hydrazine groups is 1. The summed E-state index contributed by atoms with van der Waals surface area (Å²) in [6.07, 6.45) is 0.781. The maximum atomic E-state index is 12.6. The van der Waals surface area contributed by atoms with Crippen LogP contribution < -0.4 is 10.9 Å². The molecule has 2 aromatic carbocycles.